The third kappa shape index (κ3) is 3.11. The fourth-order valence-electron chi connectivity index (χ4n) is 2.24. The van der Waals surface area contributed by atoms with Crippen LogP contribution in [0.3, 0.4) is 0 Å². The monoisotopic (exact) mass is 251 g/mol. The molecule has 0 bridgehead atoms. The van der Waals surface area contributed by atoms with Crippen molar-refractivity contribution in [3.63, 3.8) is 0 Å². The summed E-state index contributed by atoms with van der Waals surface area (Å²) in [6.07, 6.45) is 13.0. The number of aliphatic imine (C=N–C) groups is 1. The van der Waals surface area contributed by atoms with Crippen molar-refractivity contribution < 1.29 is 0 Å². The maximum Gasteiger partial charge on any atom is 0.0707 e. The van der Waals surface area contributed by atoms with Gasteiger partial charge in [-0.05, 0) is 36.1 Å². The Balaban J connectivity index is 0.000000637. The molecular formula is C18H21N. The van der Waals surface area contributed by atoms with Crippen LogP contribution >= 0.6 is 0 Å². The molecule has 1 heteroatoms. The fourth-order valence-corrected chi connectivity index (χ4v) is 2.24. The summed E-state index contributed by atoms with van der Waals surface area (Å²) in [6.45, 7) is 6.08. The molecule has 0 radical (unpaired) electrons. The number of benzene rings is 1. The topological polar surface area (TPSA) is 12.4 Å². The van der Waals surface area contributed by atoms with E-state index in [0.29, 0.717) is 0 Å². The maximum atomic E-state index is 4.67. The van der Waals surface area contributed by atoms with Crippen molar-refractivity contribution in [3.8, 4) is 0 Å². The maximum absolute atomic E-state index is 4.67. The number of hydrogen-bond donors (Lipinski definition) is 0. The first kappa shape index (κ1) is 13.5. The van der Waals surface area contributed by atoms with Crippen LogP contribution in [0.5, 0.6) is 0 Å². The van der Waals surface area contributed by atoms with E-state index < -0.39 is 0 Å². The number of nitrogens with zero attached hydrogens (tertiary/aromatic N) is 1. The Bertz CT molecular complexity index is 571. The molecule has 0 spiro atoms. The third-order valence-electron chi connectivity index (χ3n) is 3.16. The lowest BCUT2D eigenvalue weighted by Gasteiger charge is -2.05. The zero-order chi connectivity index (χ0) is 13.7. The van der Waals surface area contributed by atoms with Crippen LogP contribution in [0.4, 0.5) is 5.69 Å². The van der Waals surface area contributed by atoms with E-state index >= 15 is 0 Å². The second-order valence-corrected chi connectivity index (χ2v) is 4.52. The van der Waals surface area contributed by atoms with E-state index in [9.17, 15) is 0 Å². The lowest BCUT2D eigenvalue weighted by Crippen LogP contribution is -1.86. The Kier molecular flexibility index (Phi) is 4.51. The Morgan fingerprint density at radius 2 is 1.89 bits per heavy atom. The van der Waals surface area contributed by atoms with Gasteiger partial charge in [-0.25, -0.2) is 0 Å². The van der Waals surface area contributed by atoms with Crippen LogP contribution in [-0.2, 0) is 0 Å². The van der Waals surface area contributed by atoms with E-state index in [-0.39, 0.29) is 0 Å². The second-order valence-electron chi connectivity index (χ2n) is 4.52. The van der Waals surface area contributed by atoms with Crippen molar-refractivity contribution in [2.45, 2.75) is 33.6 Å². The molecular weight excluding hydrogens is 230 g/mol. The van der Waals surface area contributed by atoms with Gasteiger partial charge in [-0.1, -0.05) is 56.4 Å². The zero-order valence-corrected chi connectivity index (χ0v) is 12.0. The highest BCUT2D eigenvalue weighted by atomic mass is 14.7. The first-order valence-corrected chi connectivity index (χ1v) is 7.05. The molecule has 1 aromatic carbocycles. The highest BCUT2D eigenvalue weighted by Crippen LogP contribution is 2.30. The van der Waals surface area contributed by atoms with Gasteiger partial charge in [0.25, 0.3) is 0 Å². The lowest BCUT2D eigenvalue weighted by atomic mass is 10.0. The smallest absolute Gasteiger partial charge is 0.0707 e. The fraction of sp³-hybridized carbons (Fsp3) is 0.278. The van der Waals surface area contributed by atoms with Gasteiger partial charge in [-0.2, -0.15) is 0 Å². The first-order valence-electron chi connectivity index (χ1n) is 7.05. The number of rotatable bonds is 1. The molecule has 0 saturated carbocycles. The Morgan fingerprint density at radius 3 is 2.63 bits per heavy atom. The van der Waals surface area contributed by atoms with Gasteiger partial charge in [-0.15, -0.1) is 0 Å². The molecule has 1 aliphatic carbocycles. The predicted octanol–water partition coefficient (Wildman–Crippen LogP) is 5.57. The van der Waals surface area contributed by atoms with Crippen LogP contribution in [0.2, 0.25) is 0 Å². The van der Waals surface area contributed by atoms with E-state index in [1.807, 2.05) is 13.8 Å². The first-order chi connectivity index (χ1) is 9.33. The van der Waals surface area contributed by atoms with E-state index in [2.05, 4.69) is 60.5 Å². The second kappa shape index (κ2) is 6.33. The van der Waals surface area contributed by atoms with Crippen LogP contribution in [0.25, 0.3) is 11.6 Å². The van der Waals surface area contributed by atoms with Gasteiger partial charge in [0, 0.05) is 12.1 Å². The van der Waals surface area contributed by atoms with Gasteiger partial charge in [0.15, 0.2) is 0 Å². The highest BCUT2D eigenvalue weighted by molar-refractivity contribution is 5.90. The largest absolute Gasteiger partial charge is 0.257 e. The van der Waals surface area contributed by atoms with Gasteiger partial charge in [-0.3, -0.25) is 4.99 Å². The molecule has 3 rings (SSSR count). The van der Waals surface area contributed by atoms with Crippen LogP contribution < -0.4 is 0 Å². The summed E-state index contributed by atoms with van der Waals surface area (Å²) in [5, 5.41) is 0. The zero-order valence-electron chi connectivity index (χ0n) is 12.0. The average molecular weight is 251 g/mol. The Hall–Kier alpha value is -1.89. The molecule has 0 atom stereocenters. The van der Waals surface area contributed by atoms with E-state index in [4.69, 9.17) is 0 Å². The van der Waals surface area contributed by atoms with Gasteiger partial charge < -0.3 is 0 Å². The van der Waals surface area contributed by atoms with Crippen LogP contribution in [-0.4, -0.2) is 5.71 Å². The molecule has 0 N–H and O–H groups in total. The standard InChI is InChI=1S/C16H15N.C2H6/c1-12-5-4-8-14-9-10-15(11-16(14)17-12)13-6-2-3-7-13;1-2/h2,4,6-11H,3,5H2,1H3;1-2H3. The highest BCUT2D eigenvalue weighted by Gasteiger charge is 2.07. The van der Waals surface area contributed by atoms with E-state index in [1.54, 1.807) is 0 Å². The molecule has 0 saturated heterocycles. The summed E-state index contributed by atoms with van der Waals surface area (Å²) in [4.78, 5) is 4.67. The molecule has 2 aliphatic rings. The Labute approximate surface area is 116 Å². The summed E-state index contributed by atoms with van der Waals surface area (Å²) in [6, 6.07) is 6.53. The number of fused-ring (bicyclic) bond motifs is 1. The minimum Gasteiger partial charge on any atom is -0.257 e. The van der Waals surface area contributed by atoms with Crippen molar-refractivity contribution in [2.24, 2.45) is 4.99 Å². The molecule has 19 heavy (non-hydrogen) atoms. The van der Waals surface area contributed by atoms with Crippen molar-refractivity contribution in [3.05, 3.63) is 53.6 Å². The predicted molar refractivity (Wildman–Crippen MR) is 85.9 cm³/mol. The van der Waals surface area contributed by atoms with Gasteiger partial charge in [0.05, 0.1) is 5.69 Å². The van der Waals surface area contributed by atoms with Crippen molar-refractivity contribution in [2.75, 3.05) is 0 Å². The van der Waals surface area contributed by atoms with Gasteiger partial charge >= 0.3 is 0 Å². The summed E-state index contributed by atoms with van der Waals surface area (Å²) in [5.74, 6) is 0. The van der Waals surface area contributed by atoms with Crippen molar-refractivity contribution in [1.29, 1.82) is 0 Å². The molecule has 98 valence electrons. The van der Waals surface area contributed by atoms with Gasteiger partial charge in [0.2, 0.25) is 0 Å². The molecule has 1 aliphatic heterocycles. The number of allylic oxidation sites excluding steroid dienone is 5. The van der Waals surface area contributed by atoms with Crippen molar-refractivity contribution in [1.82, 2.24) is 0 Å². The molecule has 1 heterocycles. The molecule has 0 aromatic heterocycles. The van der Waals surface area contributed by atoms with Crippen LogP contribution in [0.1, 0.15) is 44.7 Å². The summed E-state index contributed by atoms with van der Waals surface area (Å²) >= 11 is 0. The van der Waals surface area contributed by atoms with Crippen LogP contribution in [0.15, 0.2) is 47.5 Å². The SMILES string of the molecule is CC.CC1=Nc2cc(C3=CCC=C3)ccc2C=CC1. The lowest BCUT2D eigenvalue weighted by molar-refractivity contribution is 1.40. The minimum absolute atomic E-state index is 0.951. The minimum atomic E-state index is 0.951. The third-order valence-corrected chi connectivity index (χ3v) is 3.16. The van der Waals surface area contributed by atoms with E-state index in [0.717, 1.165) is 18.5 Å². The molecule has 1 aromatic rings. The average Bonchev–Trinajstić information content (AvgIpc) is 2.90. The molecule has 1 nitrogen and oxygen atoms in total. The quantitative estimate of drug-likeness (QED) is 0.619. The summed E-state index contributed by atoms with van der Waals surface area (Å²) in [7, 11) is 0. The molecule has 0 fully saturated rings. The van der Waals surface area contributed by atoms with Crippen molar-refractivity contribution >= 4 is 23.0 Å². The van der Waals surface area contributed by atoms with Gasteiger partial charge in [0.1, 0.15) is 0 Å². The Morgan fingerprint density at radius 1 is 1.05 bits per heavy atom. The van der Waals surface area contributed by atoms with Crippen LogP contribution in [0, 0.1) is 0 Å². The summed E-state index contributed by atoms with van der Waals surface area (Å²) in [5.41, 5.74) is 6.06. The normalized spacial score (nSPS) is 15.9. The number of hydrogen-bond acceptors (Lipinski definition) is 1. The van der Waals surface area contributed by atoms with E-state index in [1.165, 1.54) is 22.4 Å². The molecule has 0 unspecified atom stereocenters. The molecule has 0 amide bonds. The summed E-state index contributed by atoms with van der Waals surface area (Å²) < 4.78 is 0.